The third kappa shape index (κ3) is 3.29. The van der Waals surface area contributed by atoms with E-state index in [1.54, 1.807) is 0 Å². The second-order valence-corrected chi connectivity index (χ2v) is 6.86. The summed E-state index contributed by atoms with van der Waals surface area (Å²) in [7, 11) is 0. The van der Waals surface area contributed by atoms with Gasteiger partial charge in [0.2, 0.25) is 0 Å². The molecule has 0 amide bonds. The molecule has 2 aliphatic rings. The molecule has 2 nitrogen and oxygen atoms in total. The largest absolute Gasteiger partial charge is 0.369 e. The molecule has 1 aliphatic carbocycles. The standard InChI is InChI=1S/C17H25ClN2/c1-14-3-2-4-17(13-14)20-11-9-19(10-12-20)16-7-5-15(18)6-8-16/h5-8,14,17H,2-4,9-13H2,1H3/t14-,17-/m1/s1. The smallest absolute Gasteiger partial charge is 0.0407 e. The molecule has 0 N–H and O–H groups in total. The number of piperazine rings is 1. The Bertz CT molecular complexity index is 423. The van der Waals surface area contributed by atoms with Gasteiger partial charge in [0, 0.05) is 42.9 Å². The lowest BCUT2D eigenvalue weighted by atomic mass is 9.86. The molecule has 1 aromatic rings. The first-order chi connectivity index (χ1) is 9.72. The van der Waals surface area contributed by atoms with Gasteiger partial charge in [-0.25, -0.2) is 0 Å². The zero-order valence-corrected chi connectivity index (χ0v) is 13.1. The van der Waals surface area contributed by atoms with Gasteiger partial charge in [0.25, 0.3) is 0 Å². The van der Waals surface area contributed by atoms with Gasteiger partial charge in [-0.2, -0.15) is 0 Å². The predicted molar refractivity (Wildman–Crippen MR) is 86.7 cm³/mol. The molecular formula is C17H25ClN2. The lowest BCUT2D eigenvalue weighted by molar-refractivity contribution is 0.127. The van der Waals surface area contributed by atoms with E-state index < -0.39 is 0 Å². The highest BCUT2D eigenvalue weighted by Crippen LogP contribution is 2.28. The minimum Gasteiger partial charge on any atom is -0.369 e. The average molecular weight is 293 g/mol. The molecule has 1 saturated carbocycles. The molecule has 20 heavy (non-hydrogen) atoms. The Hall–Kier alpha value is -0.730. The Morgan fingerprint density at radius 2 is 1.70 bits per heavy atom. The number of anilines is 1. The quantitative estimate of drug-likeness (QED) is 0.812. The van der Waals surface area contributed by atoms with E-state index in [1.165, 1.54) is 44.5 Å². The van der Waals surface area contributed by atoms with Gasteiger partial charge < -0.3 is 4.90 Å². The van der Waals surface area contributed by atoms with Crippen LogP contribution in [0.15, 0.2) is 24.3 Å². The van der Waals surface area contributed by atoms with Gasteiger partial charge in [-0.05, 0) is 43.0 Å². The molecule has 1 aromatic carbocycles. The van der Waals surface area contributed by atoms with E-state index in [2.05, 4.69) is 28.9 Å². The molecule has 2 atom stereocenters. The fraction of sp³-hybridized carbons (Fsp3) is 0.647. The van der Waals surface area contributed by atoms with Crippen molar-refractivity contribution in [2.24, 2.45) is 5.92 Å². The Balaban J connectivity index is 1.55. The molecule has 3 heteroatoms. The Labute approximate surface area is 127 Å². The van der Waals surface area contributed by atoms with Gasteiger partial charge in [-0.15, -0.1) is 0 Å². The maximum atomic E-state index is 5.96. The average Bonchev–Trinajstić information content (AvgIpc) is 2.48. The van der Waals surface area contributed by atoms with Gasteiger partial charge in [0.1, 0.15) is 0 Å². The van der Waals surface area contributed by atoms with Crippen LogP contribution in [0, 0.1) is 5.92 Å². The number of halogens is 1. The van der Waals surface area contributed by atoms with Gasteiger partial charge >= 0.3 is 0 Å². The Morgan fingerprint density at radius 1 is 1.00 bits per heavy atom. The minimum atomic E-state index is 0.823. The first-order valence-electron chi connectivity index (χ1n) is 7.97. The predicted octanol–water partition coefficient (Wildman–Crippen LogP) is 4.04. The summed E-state index contributed by atoms with van der Waals surface area (Å²) in [6, 6.07) is 9.10. The van der Waals surface area contributed by atoms with Gasteiger partial charge in [-0.1, -0.05) is 31.4 Å². The van der Waals surface area contributed by atoms with E-state index in [9.17, 15) is 0 Å². The molecule has 0 radical (unpaired) electrons. The van der Waals surface area contributed by atoms with E-state index in [-0.39, 0.29) is 0 Å². The van der Waals surface area contributed by atoms with Crippen LogP contribution in [0.2, 0.25) is 5.02 Å². The Kier molecular flexibility index (Phi) is 4.52. The van der Waals surface area contributed by atoms with Crippen molar-refractivity contribution in [1.82, 2.24) is 4.90 Å². The van der Waals surface area contributed by atoms with Crippen LogP contribution < -0.4 is 4.90 Å². The monoisotopic (exact) mass is 292 g/mol. The van der Waals surface area contributed by atoms with Crippen molar-refractivity contribution in [3.8, 4) is 0 Å². The highest BCUT2D eigenvalue weighted by molar-refractivity contribution is 6.30. The van der Waals surface area contributed by atoms with Crippen molar-refractivity contribution >= 4 is 17.3 Å². The molecule has 0 spiro atoms. The maximum Gasteiger partial charge on any atom is 0.0407 e. The zero-order valence-electron chi connectivity index (χ0n) is 12.4. The Morgan fingerprint density at radius 3 is 2.35 bits per heavy atom. The van der Waals surface area contributed by atoms with Crippen LogP contribution >= 0.6 is 11.6 Å². The first-order valence-corrected chi connectivity index (χ1v) is 8.35. The summed E-state index contributed by atoms with van der Waals surface area (Å²) in [5.74, 6) is 0.919. The van der Waals surface area contributed by atoms with Crippen LogP contribution in [0.1, 0.15) is 32.6 Å². The van der Waals surface area contributed by atoms with Gasteiger partial charge in [-0.3, -0.25) is 4.90 Å². The molecule has 1 saturated heterocycles. The van der Waals surface area contributed by atoms with Crippen LogP contribution in [-0.2, 0) is 0 Å². The molecule has 0 bridgehead atoms. The van der Waals surface area contributed by atoms with Crippen molar-refractivity contribution in [2.75, 3.05) is 31.1 Å². The van der Waals surface area contributed by atoms with E-state index >= 15 is 0 Å². The number of nitrogens with zero attached hydrogens (tertiary/aromatic N) is 2. The summed E-state index contributed by atoms with van der Waals surface area (Å²) in [4.78, 5) is 5.21. The third-order valence-corrected chi connectivity index (χ3v) is 5.18. The van der Waals surface area contributed by atoms with Crippen molar-refractivity contribution < 1.29 is 0 Å². The SMILES string of the molecule is C[C@@H]1CCC[C@@H](N2CCN(c3ccc(Cl)cc3)CC2)C1. The fourth-order valence-electron chi connectivity index (χ4n) is 3.73. The highest BCUT2D eigenvalue weighted by atomic mass is 35.5. The van der Waals surface area contributed by atoms with Crippen molar-refractivity contribution in [1.29, 1.82) is 0 Å². The zero-order chi connectivity index (χ0) is 13.9. The highest BCUT2D eigenvalue weighted by Gasteiger charge is 2.27. The molecule has 0 unspecified atom stereocenters. The second-order valence-electron chi connectivity index (χ2n) is 6.43. The minimum absolute atomic E-state index is 0.823. The maximum absolute atomic E-state index is 5.96. The first kappa shape index (κ1) is 14.2. The summed E-state index contributed by atoms with van der Waals surface area (Å²) in [6.45, 7) is 7.12. The van der Waals surface area contributed by atoms with Crippen molar-refractivity contribution in [3.63, 3.8) is 0 Å². The van der Waals surface area contributed by atoms with Crippen LogP contribution in [-0.4, -0.2) is 37.1 Å². The van der Waals surface area contributed by atoms with E-state index in [0.717, 1.165) is 30.1 Å². The van der Waals surface area contributed by atoms with E-state index in [0.29, 0.717) is 0 Å². The van der Waals surface area contributed by atoms with Gasteiger partial charge in [0.05, 0.1) is 0 Å². The molecule has 2 fully saturated rings. The van der Waals surface area contributed by atoms with Crippen LogP contribution in [0.25, 0.3) is 0 Å². The normalized spacial score (nSPS) is 28.6. The fourth-order valence-corrected chi connectivity index (χ4v) is 3.86. The summed E-state index contributed by atoms with van der Waals surface area (Å²) >= 11 is 5.96. The van der Waals surface area contributed by atoms with E-state index in [4.69, 9.17) is 11.6 Å². The van der Waals surface area contributed by atoms with Crippen molar-refractivity contribution in [2.45, 2.75) is 38.6 Å². The summed E-state index contributed by atoms with van der Waals surface area (Å²) in [5, 5.41) is 0.823. The number of hydrogen-bond acceptors (Lipinski definition) is 2. The number of benzene rings is 1. The summed E-state index contributed by atoms with van der Waals surface area (Å²) in [6.07, 6.45) is 5.66. The molecule has 1 aliphatic heterocycles. The molecular weight excluding hydrogens is 268 g/mol. The number of rotatable bonds is 2. The number of hydrogen-bond donors (Lipinski definition) is 0. The lowest BCUT2D eigenvalue weighted by Crippen LogP contribution is -2.51. The molecule has 110 valence electrons. The summed E-state index contributed by atoms with van der Waals surface area (Å²) in [5.41, 5.74) is 1.31. The van der Waals surface area contributed by atoms with Crippen molar-refractivity contribution in [3.05, 3.63) is 29.3 Å². The molecule has 1 heterocycles. The second kappa shape index (κ2) is 6.36. The topological polar surface area (TPSA) is 6.48 Å². The van der Waals surface area contributed by atoms with Crippen LogP contribution in [0.3, 0.4) is 0 Å². The molecule has 0 aromatic heterocycles. The molecule has 3 rings (SSSR count). The van der Waals surface area contributed by atoms with Gasteiger partial charge in [0.15, 0.2) is 0 Å². The lowest BCUT2D eigenvalue weighted by Gasteiger charge is -2.42. The van der Waals surface area contributed by atoms with E-state index in [1.807, 2.05) is 12.1 Å². The van der Waals surface area contributed by atoms with Crippen LogP contribution in [0.5, 0.6) is 0 Å². The van der Waals surface area contributed by atoms with Crippen LogP contribution in [0.4, 0.5) is 5.69 Å². The third-order valence-electron chi connectivity index (χ3n) is 4.93. The summed E-state index contributed by atoms with van der Waals surface area (Å²) < 4.78 is 0.